The van der Waals surface area contributed by atoms with Crippen LogP contribution in [0.5, 0.6) is 11.5 Å². The predicted molar refractivity (Wildman–Crippen MR) is 82.6 cm³/mol. The maximum absolute atomic E-state index is 6.01. The molecular formula is C16H20N2O2. The molecule has 0 aromatic heterocycles. The molecule has 0 radical (unpaired) electrons. The lowest BCUT2D eigenvalue weighted by Crippen LogP contribution is -2.07. The van der Waals surface area contributed by atoms with Gasteiger partial charge in [0.25, 0.3) is 0 Å². The van der Waals surface area contributed by atoms with E-state index >= 15 is 0 Å². The molecule has 0 unspecified atom stereocenters. The van der Waals surface area contributed by atoms with Crippen molar-refractivity contribution >= 4 is 11.4 Å². The van der Waals surface area contributed by atoms with Crippen LogP contribution in [0.4, 0.5) is 11.4 Å². The summed E-state index contributed by atoms with van der Waals surface area (Å²) in [5.41, 5.74) is 8.77. The van der Waals surface area contributed by atoms with E-state index in [1.54, 1.807) is 14.2 Å². The summed E-state index contributed by atoms with van der Waals surface area (Å²) in [5, 5.41) is 3.33. The number of anilines is 2. The molecule has 2 aromatic carbocycles. The van der Waals surface area contributed by atoms with Gasteiger partial charge in [0.1, 0.15) is 11.5 Å². The Balaban J connectivity index is 1.96. The molecule has 0 saturated heterocycles. The van der Waals surface area contributed by atoms with Gasteiger partial charge in [0.15, 0.2) is 0 Å². The average Bonchev–Trinajstić information content (AvgIpc) is 2.49. The van der Waals surface area contributed by atoms with Crippen LogP contribution in [-0.4, -0.2) is 20.8 Å². The summed E-state index contributed by atoms with van der Waals surface area (Å²) in [6.07, 6.45) is 0.897. The van der Waals surface area contributed by atoms with Gasteiger partial charge in [-0.05, 0) is 36.2 Å². The second-order valence-corrected chi connectivity index (χ2v) is 4.45. The van der Waals surface area contributed by atoms with Gasteiger partial charge in [0.2, 0.25) is 0 Å². The van der Waals surface area contributed by atoms with E-state index in [0.717, 1.165) is 24.4 Å². The summed E-state index contributed by atoms with van der Waals surface area (Å²) in [5.74, 6) is 1.57. The van der Waals surface area contributed by atoms with E-state index in [9.17, 15) is 0 Å². The largest absolute Gasteiger partial charge is 0.497 e. The van der Waals surface area contributed by atoms with Crippen molar-refractivity contribution < 1.29 is 9.47 Å². The zero-order valence-corrected chi connectivity index (χ0v) is 11.8. The zero-order chi connectivity index (χ0) is 14.4. The number of hydrogen-bond acceptors (Lipinski definition) is 4. The smallest absolute Gasteiger partial charge is 0.143 e. The van der Waals surface area contributed by atoms with Crippen LogP contribution in [-0.2, 0) is 6.42 Å². The van der Waals surface area contributed by atoms with Crippen molar-refractivity contribution in [2.24, 2.45) is 0 Å². The second kappa shape index (κ2) is 6.70. The number of benzene rings is 2. The Morgan fingerprint density at radius 3 is 2.60 bits per heavy atom. The van der Waals surface area contributed by atoms with Gasteiger partial charge in [-0.15, -0.1) is 0 Å². The highest BCUT2D eigenvalue weighted by molar-refractivity contribution is 5.72. The highest BCUT2D eigenvalue weighted by Gasteiger charge is 2.04. The number of nitrogen functional groups attached to an aromatic ring is 1. The third-order valence-corrected chi connectivity index (χ3v) is 3.15. The number of hydrogen-bond donors (Lipinski definition) is 2. The topological polar surface area (TPSA) is 56.5 Å². The van der Waals surface area contributed by atoms with Gasteiger partial charge in [-0.1, -0.05) is 18.2 Å². The van der Waals surface area contributed by atoms with Crippen LogP contribution in [0.2, 0.25) is 0 Å². The maximum atomic E-state index is 6.01. The molecule has 20 heavy (non-hydrogen) atoms. The van der Waals surface area contributed by atoms with Crippen molar-refractivity contribution in [1.82, 2.24) is 0 Å². The lowest BCUT2D eigenvalue weighted by molar-refractivity contribution is 0.414. The summed E-state index contributed by atoms with van der Waals surface area (Å²) < 4.78 is 10.4. The Morgan fingerprint density at radius 2 is 1.85 bits per heavy atom. The third kappa shape index (κ3) is 3.35. The molecule has 106 valence electrons. The number of nitrogens with one attached hydrogen (secondary N) is 1. The van der Waals surface area contributed by atoms with Crippen LogP contribution >= 0.6 is 0 Å². The molecule has 3 N–H and O–H groups in total. The van der Waals surface area contributed by atoms with Crippen LogP contribution in [0, 0.1) is 0 Å². The second-order valence-electron chi connectivity index (χ2n) is 4.45. The minimum atomic E-state index is 0.639. The fourth-order valence-corrected chi connectivity index (χ4v) is 2.05. The van der Waals surface area contributed by atoms with E-state index in [4.69, 9.17) is 15.2 Å². The Kier molecular flexibility index (Phi) is 4.71. The van der Waals surface area contributed by atoms with E-state index in [-0.39, 0.29) is 0 Å². The van der Waals surface area contributed by atoms with E-state index in [2.05, 4.69) is 11.4 Å². The first-order valence-corrected chi connectivity index (χ1v) is 6.54. The van der Waals surface area contributed by atoms with Crippen molar-refractivity contribution in [3.63, 3.8) is 0 Å². The molecule has 4 heteroatoms. The van der Waals surface area contributed by atoms with Crippen LogP contribution < -0.4 is 20.5 Å². The molecule has 2 aromatic rings. The summed E-state index contributed by atoms with van der Waals surface area (Å²) in [6.45, 7) is 0.796. The quantitative estimate of drug-likeness (QED) is 0.794. The molecule has 0 saturated carbocycles. The maximum Gasteiger partial charge on any atom is 0.143 e. The van der Waals surface area contributed by atoms with Gasteiger partial charge in [-0.3, -0.25) is 0 Å². The molecule has 0 aliphatic rings. The molecule has 0 bridgehead atoms. The Labute approximate surface area is 119 Å². The average molecular weight is 272 g/mol. The van der Waals surface area contributed by atoms with Crippen molar-refractivity contribution in [2.45, 2.75) is 6.42 Å². The van der Waals surface area contributed by atoms with Gasteiger partial charge in [-0.2, -0.15) is 0 Å². The van der Waals surface area contributed by atoms with Crippen LogP contribution in [0.15, 0.2) is 42.5 Å². The fourth-order valence-electron chi connectivity index (χ4n) is 2.05. The highest BCUT2D eigenvalue weighted by Crippen LogP contribution is 2.28. The van der Waals surface area contributed by atoms with Gasteiger partial charge in [0.05, 0.1) is 25.6 Å². The number of ether oxygens (including phenoxy) is 2. The number of para-hydroxylation sites is 1. The monoisotopic (exact) mass is 272 g/mol. The molecule has 0 aliphatic heterocycles. The molecule has 0 fully saturated rings. The number of nitrogens with two attached hydrogens (primary N) is 1. The van der Waals surface area contributed by atoms with Crippen molar-refractivity contribution in [2.75, 3.05) is 31.8 Å². The summed E-state index contributed by atoms with van der Waals surface area (Å²) in [4.78, 5) is 0. The first kappa shape index (κ1) is 14.1. The Morgan fingerprint density at radius 1 is 1.05 bits per heavy atom. The standard InChI is InChI=1S/C16H20N2O2/c1-19-13-6-3-5-12(11-13)9-10-18-14-7-4-8-15(20-2)16(14)17/h3-8,11,18H,9-10,17H2,1-2H3. The van der Waals surface area contributed by atoms with Gasteiger partial charge in [0, 0.05) is 6.54 Å². The van der Waals surface area contributed by atoms with E-state index in [1.165, 1.54) is 5.56 Å². The SMILES string of the molecule is COc1cccc(CCNc2cccc(OC)c2N)c1. The van der Waals surface area contributed by atoms with Gasteiger partial charge in [-0.25, -0.2) is 0 Å². The Hall–Kier alpha value is -2.36. The van der Waals surface area contributed by atoms with Crippen molar-refractivity contribution in [3.8, 4) is 11.5 Å². The predicted octanol–water partition coefficient (Wildman–Crippen LogP) is 2.94. The number of rotatable bonds is 6. The summed E-state index contributed by atoms with van der Waals surface area (Å²) >= 11 is 0. The molecule has 0 heterocycles. The molecule has 4 nitrogen and oxygen atoms in total. The van der Waals surface area contributed by atoms with Crippen molar-refractivity contribution in [1.29, 1.82) is 0 Å². The van der Waals surface area contributed by atoms with Crippen LogP contribution in [0.1, 0.15) is 5.56 Å². The van der Waals surface area contributed by atoms with Crippen LogP contribution in [0.25, 0.3) is 0 Å². The molecule has 0 atom stereocenters. The molecule has 0 spiro atoms. The van der Waals surface area contributed by atoms with E-state index < -0.39 is 0 Å². The fraction of sp³-hybridized carbons (Fsp3) is 0.250. The first-order valence-electron chi connectivity index (χ1n) is 6.54. The lowest BCUT2D eigenvalue weighted by atomic mass is 10.1. The van der Waals surface area contributed by atoms with Crippen molar-refractivity contribution in [3.05, 3.63) is 48.0 Å². The normalized spacial score (nSPS) is 10.1. The molecular weight excluding hydrogens is 252 g/mol. The van der Waals surface area contributed by atoms with E-state index in [1.807, 2.05) is 36.4 Å². The molecule has 2 rings (SSSR count). The first-order chi connectivity index (χ1) is 9.74. The van der Waals surface area contributed by atoms with Gasteiger partial charge < -0.3 is 20.5 Å². The minimum absolute atomic E-state index is 0.639. The highest BCUT2D eigenvalue weighted by atomic mass is 16.5. The Bertz CT molecular complexity index is 570. The molecule has 0 aliphatic carbocycles. The number of methoxy groups -OCH3 is 2. The zero-order valence-electron chi connectivity index (χ0n) is 11.8. The summed E-state index contributed by atoms with van der Waals surface area (Å²) in [6, 6.07) is 13.8. The molecule has 0 amide bonds. The third-order valence-electron chi connectivity index (χ3n) is 3.15. The van der Waals surface area contributed by atoms with E-state index in [0.29, 0.717) is 11.4 Å². The lowest BCUT2D eigenvalue weighted by Gasteiger charge is -2.12. The van der Waals surface area contributed by atoms with Gasteiger partial charge >= 0.3 is 0 Å². The minimum Gasteiger partial charge on any atom is -0.497 e. The summed E-state index contributed by atoms with van der Waals surface area (Å²) in [7, 11) is 3.29. The van der Waals surface area contributed by atoms with Crippen LogP contribution in [0.3, 0.4) is 0 Å².